The van der Waals surface area contributed by atoms with Crippen molar-refractivity contribution in [3.8, 4) is 0 Å². The van der Waals surface area contributed by atoms with Crippen LogP contribution in [0.1, 0.15) is 15.9 Å². The highest BCUT2D eigenvalue weighted by atomic mass is 16.1. The Morgan fingerprint density at radius 1 is 1.12 bits per heavy atom. The first kappa shape index (κ1) is 10.4. The van der Waals surface area contributed by atoms with E-state index >= 15 is 0 Å². The van der Waals surface area contributed by atoms with E-state index in [1.807, 2.05) is 30.3 Å². The molecule has 0 bridgehead atoms. The molecule has 0 aliphatic carbocycles. The van der Waals surface area contributed by atoms with Crippen molar-refractivity contribution in [3.63, 3.8) is 0 Å². The first-order valence-corrected chi connectivity index (χ1v) is 5.07. The third kappa shape index (κ3) is 2.67. The Kier molecular flexibility index (Phi) is 3.28. The van der Waals surface area contributed by atoms with Gasteiger partial charge in [-0.1, -0.05) is 30.3 Å². The number of nitrogens with one attached hydrogen (secondary N) is 1. The third-order valence-electron chi connectivity index (χ3n) is 2.24. The van der Waals surface area contributed by atoms with Gasteiger partial charge in [-0.25, -0.2) is 4.98 Å². The van der Waals surface area contributed by atoms with Crippen LogP contribution in [0.5, 0.6) is 0 Å². The van der Waals surface area contributed by atoms with E-state index in [1.165, 1.54) is 5.56 Å². The number of benzene rings is 1. The van der Waals surface area contributed by atoms with Gasteiger partial charge in [0, 0.05) is 18.3 Å². The highest BCUT2D eigenvalue weighted by molar-refractivity contribution is 5.74. The number of aromatic nitrogens is 1. The van der Waals surface area contributed by atoms with Crippen LogP contribution in [0.25, 0.3) is 0 Å². The van der Waals surface area contributed by atoms with Crippen LogP contribution in [0, 0.1) is 0 Å². The second-order valence-electron chi connectivity index (χ2n) is 3.43. The standard InChI is InChI=1S/C13H12N2O/c16-10-12-6-7-13(15-9-12)14-8-11-4-2-1-3-5-11/h1-7,9-10H,8H2,(H,14,15). The molecule has 1 heterocycles. The van der Waals surface area contributed by atoms with Gasteiger partial charge in [0.1, 0.15) is 5.82 Å². The molecule has 0 saturated heterocycles. The summed E-state index contributed by atoms with van der Waals surface area (Å²) >= 11 is 0. The molecule has 16 heavy (non-hydrogen) atoms. The maximum atomic E-state index is 10.4. The molecule has 0 unspecified atom stereocenters. The smallest absolute Gasteiger partial charge is 0.151 e. The van der Waals surface area contributed by atoms with Gasteiger partial charge in [0.2, 0.25) is 0 Å². The Morgan fingerprint density at radius 2 is 1.94 bits per heavy atom. The molecule has 1 aromatic heterocycles. The van der Waals surface area contributed by atoms with E-state index in [9.17, 15) is 4.79 Å². The van der Waals surface area contributed by atoms with Gasteiger partial charge in [-0.2, -0.15) is 0 Å². The summed E-state index contributed by atoms with van der Waals surface area (Å²) in [7, 11) is 0. The van der Waals surface area contributed by atoms with E-state index in [2.05, 4.69) is 10.3 Å². The molecule has 0 fully saturated rings. The van der Waals surface area contributed by atoms with Gasteiger partial charge in [0.25, 0.3) is 0 Å². The molecular weight excluding hydrogens is 200 g/mol. The van der Waals surface area contributed by atoms with Crippen LogP contribution in [-0.2, 0) is 6.54 Å². The lowest BCUT2D eigenvalue weighted by Crippen LogP contribution is -2.01. The van der Waals surface area contributed by atoms with E-state index < -0.39 is 0 Å². The number of anilines is 1. The lowest BCUT2D eigenvalue weighted by Gasteiger charge is -2.05. The predicted molar refractivity (Wildman–Crippen MR) is 63.4 cm³/mol. The molecule has 0 saturated carbocycles. The molecule has 0 atom stereocenters. The zero-order valence-corrected chi connectivity index (χ0v) is 8.76. The Labute approximate surface area is 94.1 Å². The van der Waals surface area contributed by atoms with Gasteiger partial charge in [0.15, 0.2) is 6.29 Å². The fourth-order valence-corrected chi connectivity index (χ4v) is 1.37. The monoisotopic (exact) mass is 212 g/mol. The van der Waals surface area contributed by atoms with Crippen molar-refractivity contribution in [1.82, 2.24) is 4.98 Å². The van der Waals surface area contributed by atoms with Crippen molar-refractivity contribution in [1.29, 1.82) is 0 Å². The van der Waals surface area contributed by atoms with Gasteiger partial charge >= 0.3 is 0 Å². The van der Waals surface area contributed by atoms with Crippen LogP contribution < -0.4 is 5.32 Å². The van der Waals surface area contributed by atoms with E-state index in [4.69, 9.17) is 0 Å². The number of pyridine rings is 1. The summed E-state index contributed by atoms with van der Waals surface area (Å²) in [5.74, 6) is 0.773. The van der Waals surface area contributed by atoms with Crippen molar-refractivity contribution in [2.75, 3.05) is 5.32 Å². The normalized spacial score (nSPS) is 9.75. The minimum Gasteiger partial charge on any atom is -0.366 e. The number of carbonyl (C=O) groups is 1. The molecule has 3 heteroatoms. The largest absolute Gasteiger partial charge is 0.366 e. The first-order valence-electron chi connectivity index (χ1n) is 5.07. The third-order valence-corrected chi connectivity index (χ3v) is 2.24. The number of rotatable bonds is 4. The van der Waals surface area contributed by atoms with Crippen LogP contribution in [0.15, 0.2) is 48.7 Å². The molecule has 2 aromatic rings. The van der Waals surface area contributed by atoms with Crippen LogP contribution in [0.2, 0.25) is 0 Å². The fraction of sp³-hybridized carbons (Fsp3) is 0.0769. The highest BCUT2D eigenvalue weighted by Crippen LogP contribution is 2.06. The number of aldehydes is 1. The summed E-state index contributed by atoms with van der Waals surface area (Å²) in [4.78, 5) is 14.6. The molecule has 3 nitrogen and oxygen atoms in total. The summed E-state index contributed by atoms with van der Waals surface area (Å²) in [6.45, 7) is 0.730. The topological polar surface area (TPSA) is 42.0 Å². The van der Waals surface area contributed by atoms with Gasteiger partial charge in [-0.15, -0.1) is 0 Å². The quantitative estimate of drug-likeness (QED) is 0.792. The lowest BCUT2D eigenvalue weighted by molar-refractivity contribution is 0.112. The number of carbonyl (C=O) groups excluding carboxylic acids is 1. The van der Waals surface area contributed by atoms with Gasteiger partial charge in [0.05, 0.1) is 0 Å². The predicted octanol–water partition coefficient (Wildman–Crippen LogP) is 2.51. The molecule has 0 aliphatic heterocycles. The van der Waals surface area contributed by atoms with Gasteiger partial charge < -0.3 is 5.32 Å². The fourth-order valence-electron chi connectivity index (χ4n) is 1.37. The Hall–Kier alpha value is -2.16. The average molecular weight is 212 g/mol. The molecule has 80 valence electrons. The van der Waals surface area contributed by atoms with Crippen LogP contribution in [-0.4, -0.2) is 11.3 Å². The van der Waals surface area contributed by atoms with Crippen LogP contribution >= 0.6 is 0 Å². The summed E-state index contributed by atoms with van der Waals surface area (Å²) in [5, 5.41) is 3.19. The van der Waals surface area contributed by atoms with Gasteiger partial charge in [-0.3, -0.25) is 4.79 Å². The van der Waals surface area contributed by atoms with Crippen LogP contribution in [0.4, 0.5) is 5.82 Å². The Balaban J connectivity index is 1.97. The van der Waals surface area contributed by atoms with Crippen molar-refractivity contribution < 1.29 is 4.79 Å². The second-order valence-corrected chi connectivity index (χ2v) is 3.43. The molecule has 0 radical (unpaired) electrons. The average Bonchev–Trinajstić information content (AvgIpc) is 2.38. The maximum absolute atomic E-state index is 10.4. The first-order chi connectivity index (χ1) is 7.88. The molecular formula is C13H12N2O. The number of hydrogen-bond donors (Lipinski definition) is 1. The minimum absolute atomic E-state index is 0.588. The second kappa shape index (κ2) is 5.07. The van der Waals surface area contributed by atoms with Crippen molar-refractivity contribution in [3.05, 3.63) is 59.8 Å². The van der Waals surface area contributed by atoms with E-state index in [0.717, 1.165) is 18.6 Å². The number of hydrogen-bond acceptors (Lipinski definition) is 3. The summed E-state index contributed by atoms with van der Waals surface area (Å²) in [6, 6.07) is 13.6. The lowest BCUT2D eigenvalue weighted by atomic mass is 10.2. The van der Waals surface area contributed by atoms with E-state index in [0.29, 0.717) is 5.56 Å². The zero-order chi connectivity index (χ0) is 11.2. The molecule has 0 aliphatic rings. The summed E-state index contributed by atoms with van der Waals surface area (Å²) in [6.07, 6.45) is 2.34. The van der Waals surface area contributed by atoms with Crippen molar-refractivity contribution in [2.45, 2.75) is 6.54 Å². The SMILES string of the molecule is O=Cc1ccc(NCc2ccccc2)nc1. The Bertz CT molecular complexity index is 451. The molecule has 0 spiro atoms. The molecule has 0 amide bonds. The number of nitrogens with zero attached hydrogens (tertiary/aromatic N) is 1. The van der Waals surface area contributed by atoms with E-state index in [1.54, 1.807) is 18.3 Å². The summed E-state index contributed by atoms with van der Waals surface area (Å²) < 4.78 is 0. The molecule has 1 aromatic carbocycles. The molecule has 1 N–H and O–H groups in total. The Morgan fingerprint density at radius 3 is 2.56 bits per heavy atom. The highest BCUT2D eigenvalue weighted by Gasteiger charge is 1.95. The van der Waals surface area contributed by atoms with Gasteiger partial charge in [-0.05, 0) is 17.7 Å². The maximum Gasteiger partial charge on any atom is 0.151 e. The zero-order valence-electron chi connectivity index (χ0n) is 8.76. The van der Waals surface area contributed by atoms with E-state index in [-0.39, 0.29) is 0 Å². The minimum atomic E-state index is 0.588. The molecule has 2 rings (SSSR count). The van der Waals surface area contributed by atoms with Crippen molar-refractivity contribution in [2.24, 2.45) is 0 Å². The summed E-state index contributed by atoms with van der Waals surface area (Å²) in [5.41, 5.74) is 1.79. The van der Waals surface area contributed by atoms with Crippen molar-refractivity contribution >= 4 is 12.1 Å². The van der Waals surface area contributed by atoms with Crippen LogP contribution in [0.3, 0.4) is 0 Å².